The third-order valence-electron chi connectivity index (χ3n) is 3.34. The van der Waals surface area contributed by atoms with Crippen molar-refractivity contribution >= 4 is 21.9 Å². The Hall–Kier alpha value is -1.28. The van der Waals surface area contributed by atoms with Gasteiger partial charge in [0.1, 0.15) is 5.75 Å². The van der Waals surface area contributed by atoms with Crippen LogP contribution in [0.5, 0.6) is 5.75 Å². The first-order valence-corrected chi connectivity index (χ1v) is 7.55. The number of hydrogen-bond donors (Lipinski definition) is 1. The lowest BCUT2D eigenvalue weighted by molar-refractivity contribution is -0.146. The number of halogens is 4. The summed E-state index contributed by atoms with van der Waals surface area (Å²) in [6, 6.07) is 3.35. The molecule has 1 N–H and O–H groups in total. The zero-order valence-electron chi connectivity index (χ0n) is 13.3. The number of ether oxygens (including phenoxy) is 2. The molecule has 0 radical (unpaired) electrons. The van der Waals surface area contributed by atoms with E-state index >= 15 is 0 Å². The van der Waals surface area contributed by atoms with Crippen molar-refractivity contribution in [3.05, 3.63) is 27.7 Å². The average molecular weight is 398 g/mol. The molecule has 8 heteroatoms. The van der Waals surface area contributed by atoms with Crippen LogP contribution in [0.2, 0.25) is 0 Å². The molecular formula is C15H19BrF3NO3. The minimum absolute atomic E-state index is 0.0492. The number of carbonyl (C=O) groups excluding carboxylic acids is 1. The Morgan fingerprint density at radius 2 is 1.87 bits per heavy atom. The van der Waals surface area contributed by atoms with E-state index in [1.807, 2.05) is 0 Å². The minimum atomic E-state index is -4.30. The van der Waals surface area contributed by atoms with Crippen LogP contribution >= 0.6 is 15.9 Å². The summed E-state index contributed by atoms with van der Waals surface area (Å²) in [7, 11) is 2.69. The van der Waals surface area contributed by atoms with Crippen molar-refractivity contribution in [2.45, 2.75) is 32.0 Å². The fourth-order valence-corrected chi connectivity index (χ4v) is 2.70. The van der Waals surface area contributed by atoms with Crippen molar-refractivity contribution in [1.82, 2.24) is 5.32 Å². The molecule has 4 nitrogen and oxygen atoms in total. The summed E-state index contributed by atoms with van der Waals surface area (Å²) in [5.41, 5.74) is 0.0333. The maximum Gasteiger partial charge on any atom is 0.401 e. The van der Waals surface area contributed by atoms with Gasteiger partial charge in [0.25, 0.3) is 0 Å². The second kappa shape index (κ2) is 7.53. The van der Waals surface area contributed by atoms with E-state index in [1.165, 1.54) is 14.2 Å². The molecule has 0 saturated carbocycles. The van der Waals surface area contributed by atoms with Crippen molar-refractivity contribution in [3.63, 3.8) is 0 Å². The lowest BCUT2D eigenvalue weighted by Crippen LogP contribution is -2.32. The molecule has 0 spiro atoms. The molecule has 1 aromatic carbocycles. The van der Waals surface area contributed by atoms with Crippen LogP contribution in [0.4, 0.5) is 13.2 Å². The summed E-state index contributed by atoms with van der Waals surface area (Å²) in [5.74, 6) is -0.110. The predicted octanol–water partition coefficient (Wildman–Crippen LogP) is 3.56. The zero-order valence-corrected chi connectivity index (χ0v) is 14.9. The maximum atomic E-state index is 12.3. The number of carbonyl (C=O) groups is 1. The largest absolute Gasteiger partial charge is 0.496 e. The van der Waals surface area contributed by atoms with Crippen molar-refractivity contribution in [3.8, 4) is 5.75 Å². The molecule has 0 amide bonds. The van der Waals surface area contributed by atoms with Gasteiger partial charge in [0, 0.05) is 22.1 Å². The average Bonchev–Trinajstić information content (AvgIpc) is 2.44. The van der Waals surface area contributed by atoms with Crippen LogP contribution < -0.4 is 10.1 Å². The van der Waals surface area contributed by atoms with Gasteiger partial charge in [-0.15, -0.1) is 0 Å². The summed E-state index contributed by atoms with van der Waals surface area (Å²) in [4.78, 5) is 12.0. The highest BCUT2D eigenvalue weighted by Gasteiger charge is 2.35. The van der Waals surface area contributed by atoms with Crippen LogP contribution in [-0.4, -0.2) is 32.9 Å². The van der Waals surface area contributed by atoms with E-state index in [9.17, 15) is 18.0 Å². The first-order chi connectivity index (χ1) is 10.5. The van der Waals surface area contributed by atoms with E-state index in [1.54, 1.807) is 26.0 Å². The molecule has 1 aromatic rings. The lowest BCUT2D eigenvalue weighted by atomic mass is 9.83. The Kier molecular flexibility index (Phi) is 6.47. The Bertz CT molecular complexity index is 574. The Labute approximate surface area is 141 Å². The lowest BCUT2D eigenvalue weighted by Gasteiger charge is -2.26. The van der Waals surface area contributed by atoms with Gasteiger partial charge in [0.05, 0.1) is 26.2 Å². The molecule has 0 aromatic heterocycles. The van der Waals surface area contributed by atoms with Crippen molar-refractivity contribution < 1.29 is 27.4 Å². The molecule has 23 heavy (non-hydrogen) atoms. The number of alkyl halides is 3. The van der Waals surface area contributed by atoms with Crippen LogP contribution in [0, 0.1) is 0 Å². The topological polar surface area (TPSA) is 47.6 Å². The highest BCUT2D eigenvalue weighted by molar-refractivity contribution is 9.10. The summed E-state index contributed by atoms with van der Waals surface area (Å²) in [6.07, 6.45) is -4.30. The van der Waals surface area contributed by atoms with Gasteiger partial charge < -0.3 is 14.8 Å². The first kappa shape index (κ1) is 19.8. The molecule has 0 saturated heterocycles. The van der Waals surface area contributed by atoms with Crippen LogP contribution in [0.3, 0.4) is 0 Å². The monoisotopic (exact) mass is 397 g/mol. The third kappa shape index (κ3) is 5.10. The van der Waals surface area contributed by atoms with Gasteiger partial charge in [0.2, 0.25) is 0 Å². The van der Waals surface area contributed by atoms with E-state index < -0.39 is 24.1 Å². The predicted molar refractivity (Wildman–Crippen MR) is 83.5 cm³/mol. The quantitative estimate of drug-likeness (QED) is 0.745. The summed E-state index contributed by atoms with van der Waals surface area (Å²) in [6.45, 7) is 2.16. The van der Waals surface area contributed by atoms with Crippen molar-refractivity contribution in [2.75, 3.05) is 20.8 Å². The van der Waals surface area contributed by atoms with E-state index in [0.29, 0.717) is 21.3 Å². The Morgan fingerprint density at radius 1 is 1.26 bits per heavy atom. The van der Waals surface area contributed by atoms with Crippen LogP contribution in [-0.2, 0) is 21.5 Å². The molecule has 1 rings (SSSR count). The molecule has 0 aliphatic rings. The van der Waals surface area contributed by atoms with Gasteiger partial charge in [-0.05, 0) is 26.0 Å². The van der Waals surface area contributed by atoms with Gasteiger partial charge in [-0.25, -0.2) is 0 Å². The summed E-state index contributed by atoms with van der Waals surface area (Å²) in [5, 5.41) is 2.32. The van der Waals surface area contributed by atoms with E-state index in [4.69, 9.17) is 9.47 Å². The van der Waals surface area contributed by atoms with Gasteiger partial charge in [-0.1, -0.05) is 15.9 Å². The van der Waals surface area contributed by atoms with Gasteiger partial charge in [0.15, 0.2) is 0 Å². The molecule has 0 aliphatic heterocycles. The molecule has 130 valence electrons. The van der Waals surface area contributed by atoms with Crippen LogP contribution in [0.1, 0.15) is 25.0 Å². The number of rotatable bonds is 6. The Morgan fingerprint density at radius 3 is 2.35 bits per heavy atom. The van der Waals surface area contributed by atoms with Crippen LogP contribution in [0.15, 0.2) is 16.6 Å². The smallest absolute Gasteiger partial charge is 0.401 e. The number of esters is 1. The molecule has 0 heterocycles. The second-order valence-electron chi connectivity index (χ2n) is 5.48. The molecule has 0 aliphatic carbocycles. The molecule has 0 fully saturated rings. The molecule has 0 atom stereocenters. The highest BCUT2D eigenvalue weighted by Crippen LogP contribution is 2.37. The fraction of sp³-hybridized carbons (Fsp3) is 0.533. The van der Waals surface area contributed by atoms with E-state index in [2.05, 4.69) is 21.2 Å². The Balaban J connectivity index is 3.21. The number of nitrogens with one attached hydrogen (secondary N) is 1. The number of methoxy groups -OCH3 is 2. The van der Waals surface area contributed by atoms with Gasteiger partial charge in [-0.3, -0.25) is 4.79 Å². The summed E-state index contributed by atoms with van der Waals surface area (Å²) >= 11 is 3.31. The van der Waals surface area contributed by atoms with Crippen molar-refractivity contribution in [1.29, 1.82) is 0 Å². The van der Waals surface area contributed by atoms with E-state index in [0.717, 1.165) is 0 Å². The number of benzene rings is 1. The van der Waals surface area contributed by atoms with Gasteiger partial charge >= 0.3 is 12.1 Å². The highest BCUT2D eigenvalue weighted by atomic mass is 79.9. The van der Waals surface area contributed by atoms with E-state index in [-0.39, 0.29) is 6.54 Å². The standard InChI is InChI=1S/C15H19BrF3NO3/c1-14(2,13(21)23-4)11-6-10(16)5-9(12(11)22-3)7-20-8-15(17,18)19/h5-6,20H,7-8H2,1-4H3. The minimum Gasteiger partial charge on any atom is -0.496 e. The normalized spacial score (nSPS) is 12.2. The first-order valence-electron chi connectivity index (χ1n) is 6.75. The SMILES string of the molecule is COC(=O)C(C)(C)c1cc(Br)cc(CNCC(F)(F)F)c1OC. The van der Waals surface area contributed by atoms with Crippen molar-refractivity contribution in [2.24, 2.45) is 0 Å². The second-order valence-corrected chi connectivity index (χ2v) is 6.40. The molecular weight excluding hydrogens is 379 g/mol. The number of hydrogen-bond acceptors (Lipinski definition) is 4. The summed E-state index contributed by atoms with van der Waals surface area (Å²) < 4.78 is 47.6. The molecule has 0 unspecified atom stereocenters. The van der Waals surface area contributed by atoms with Gasteiger partial charge in [-0.2, -0.15) is 13.2 Å². The molecule has 0 bridgehead atoms. The fourth-order valence-electron chi connectivity index (χ4n) is 2.19. The van der Waals surface area contributed by atoms with Crippen LogP contribution in [0.25, 0.3) is 0 Å². The maximum absolute atomic E-state index is 12.3. The third-order valence-corrected chi connectivity index (χ3v) is 3.80. The zero-order chi connectivity index (χ0) is 17.8.